The highest BCUT2D eigenvalue weighted by molar-refractivity contribution is 5.82. The van der Waals surface area contributed by atoms with Crippen LogP contribution >= 0.6 is 0 Å². The van der Waals surface area contributed by atoms with Gasteiger partial charge in [-0.1, -0.05) is 0 Å². The van der Waals surface area contributed by atoms with Gasteiger partial charge in [0.05, 0.1) is 6.20 Å². The predicted octanol–water partition coefficient (Wildman–Crippen LogP) is -0.00958. The van der Waals surface area contributed by atoms with E-state index >= 15 is 0 Å². The molecule has 0 aliphatic carbocycles. The van der Waals surface area contributed by atoms with Crippen LogP contribution in [0.15, 0.2) is 6.20 Å². The molecule has 0 fully saturated rings. The molecule has 1 aromatic heterocycles. The van der Waals surface area contributed by atoms with Crippen molar-refractivity contribution in [1.29, 1.82) is 0 Å². The summed E-state index contributed by atoms with van der Waals surface area (Å²) in [5.74, 6) is -1.07. The van der Waals surface area contributed by atoms with Crippen molar-refractivity contribution in [2.45, 2.75) is 26.4 Å². The topological polar surface area (TPSA) is 107 Å². The zero-order valence-electron chi connectivity index (χ0n) is 9.07. The van der Waals surface area contributed by atoms with Crippen molar-refractivity contribution in [3.63, 3.8) is 0 Å². The number of hydrogen-bond acceptors (Lipinski definition) is 3. The fourth-order valence-electron chi connectivity index (χ4n) is 1.04. The Morgan fingerprint density at radius 1 is 1.62 bits per heavy atom. The summed E-state index contributed by atoms with van der Waals surface area (Å²) in [6, 6.07) is -1.43. The number of carboxylic acid groups (broad SMARTS) is 1. The lowest BCUT2D eigenvalue weighted by Crippen LogP contribution is -2.44. The molecule has 0 saturated carbocycles. The molecule has 1 atom stereocenters. The van der Waals surface area contributed by atoms with Crippen molar-refractivity contribution >= 4 is 12.0 Å². The predicted molar refractivity (Wildman–Crippen MR) is 55.8 cm³/mol. The first kappa shape index (κ1) is 12.0. The van der Waals surface area contributed by atoms with E-state index in [9.17, 15) is 9.59 Å². The zero-order chi connectivity index (χ0) is 12.1. The van der Waals surface area contributed by atoms with E-state index in [-0.39, 0.29) is 0 Å². The lowest BCUT2D eigenvalue weighted by molar-refractivity contribution is -0.138. The SMILES string of the molecule is Cc1[nH]ncc1CNC(=O)NC(C)C(=O)O. The maximum Gasteiger partial charge on any atom is 0.325 e. The smallest absolute Gasteiger partial charge is 0.325 e. The molecule has 2 amide bonds. The Bertz CT molecular complexity index is 388. The maximum atomic E-state index is 11.2. The summed E-state index contributed by atoms with van der Waals surface area (Å²) < 4.78 is 0. The molecule has 1 rings (SSSR count). The van der Waals surface area contributed by atoms with E-state index in [4.69, 9.17) is 5.11 Å². The monoisotopic (exact) mass is 226 g/mol. The second-order valence-electron chi connectivity index (χ2n) is 3.41. The molecule has 0 aromatic carbocycles. The number of H-pyrrole nitrogens is 1. The highest BCUT2D eigenvalue weighted by atomic mass is 16.4. The van der Waals surface area contributed by atoms with Crippen LogP contribution in [0.5, 0.6) is 0 Å². The highest BCUT2D eigenvalue weighted by Crippen LogP contribution is 2.00. The third kappa shape index (κ3) is 3.26. The number of carbonyl (C=O) groups excluding carboxylic acids is 1. The first-order valence-electron chi connectivity index (χ1n) is 4.76. The van der Waals surface area contributed by atoms with Crippen molar-refractivity contribution in [3.05, 3.63) is 17.5 Å². The van der Waals surface area contributed by atoms with Gasteiger partial charge in [-0.05, 0) is 13.8 Å². The van der Waals surface area contributed by atoms with Gasteiger partial charge in [-0.15, -0.1) is 0 Å². The van der Waals surface area contributed by atoms with Gasteiger partial charge in [-0.3, -0.25) is 9.89 Å². The van der Waals surface area contributed by atoms with Crippen LogP contribution in [0, 0.1) is 6.92 Å². The molecule has 1 heterocycles. The number of aromatic nitrogens is 2. The van der Waals surface area contributed by atoms with E-state index in [2.05, 4.69) is 20.8 Å². The van der Waals surface area contributed by atoms with E-state index in [1.165, 1.54) is 6.92 Å². The van der Waals surface area contributed by atoms with E-state index in [0.29, 0.717) is 6.54 Å². The molecule has 7 heteroatoms. The minimum Gasteiger partial charge on any atom is -0.480 e. The first-order valence-corrected chi connectivity index (χ1v) is 4.76. The van der Waals surface area contributed by atoms with Crippen molar-refractivity contribution in [3.8, 4) is 0 Å². The fourth-order valence-corrected chi connectivity index (χ4v) is 1.04. The highest BCUT2D eigenvalue weighted by Gasteiger charge is 2.13. The summed E-state index contributed by atoms with van der Waals surface area (Å²) in [5.41, 5.74) is 1.73. The summed E-state index contributed by atoms with van der Waals surface area (Å²) in [6.45, 7) is 3.54. The normalized spacial score (nSPS) is 11.9. The Kier molecular flexibility index (Phi) is 3.87. The van der Waals surface area contributed by atoms with Crippen LogP contribution in [-0.4, -0.2) is 33.3 Å². The average Bonchev–Trinajstić information content (AvgIpc) is 2.61. The summed E-state index contributed by atoms with van der Waals surface area (Å²) >= 11 is 0. The molecule has 0 radical (unpaired) electrons. The van der Waals surface area contributed by atoms with Crippen LogP contribution in [0.4, 0.5) is 4.79 Å². The minimum absolute atomic E-state index is 0.306. The van der Waals surface area contributed by atoms with Gasteiger partial charge in [0.2, 0.25) is 0 Å². The second-order valence-corrected chi connectivity index (χ2v) is 3.41. The van der Waals surface area contributed by atoms with Gasteiger partial charge in [0.1, 0.15) is 6.04 Å². The van der Waals surface area contributed by atoms with Gasteiger partial charge in [0, 0.05) is 17.8 Å². The number of nitrogens with zero attached hydrogens (tertiary/aromatic N) is 1. The number of rotatable bonds is 4. The van der Waals surface area contributed by atoms with Gasteiger partial charge >= 0.3 is 12.0 Å². The molecule has 1 unspecified atom stereocenters. The van der Waals surface area contributed by atoms with Gasteiger partial charge in [0.15, 0.2) is 0 Å². The van der Waals surface area contributed by atoms with Crippen LogP contribution < -0.4 is 10.6 Å². The standard InChI is InChI=1S/C9H14N4O3/c1-5-7(4-11-13-5)3-10-9(16)12-6(2)8(14)15/h4,6H,3H2,1-2H3,(H,11,13)(H,14,15)(H2,10,12,16). The van der Waals surface area contributed by atoms with Crippen molar-refractivity contribution in [2.24, 2.45) is 0 Å². The lowest BCUT2D eigenvalue weighted by Gasteiger charge is -2.10. The molecule has 0 aliphatic rings. The number of aryl methyl sites for hydroxylation is 1. The van der Waals surface area contributed by atoms with Crippen LogP contribution in [0.3, 0.4) is 0 Å². The fraction of sp³-hybridized carbons (Fsp3) is 0.444. The van der Waals surface area contributed by atoms with Crippen LogP contribution in [-0.2, 0) is 11.3 Å². The summed E-state index contributed by atoms with van der Waals surface area (Å²) in [6.07, 6.45) is 1.61. The van der Waals surface area contributed by atoms with E-state index in [0.717, 1.165) is 11.3 Å². The number of amides is 2. The molecule has 0 bridgehead atoms. The van der Waals surface area contributed by atoms with Gasteiger partial charge < -0.3 is 15.7 Å². The van der Waals surface area contributed by atoms with E-state index in [1.807, 2.05) is 6.92 Å². The average molecular weight is 226 g/mol. The van der Waals surface area contributed by atoms with Crippen molar-refractivity contribution in [2.75, 3.05) is 0 Å². The quantitative estimate of drug-likeness (QED) is 0.579. The zero-order valence-corrected chi connectivity index (χ0v) is 9.07. The Morgan fingerprint density at radius 2 is 2.31 bits per heavy atom. The Balaban J connectivity index is 2.36. The summed E-state index contributed by atoms with van der Waals surface area (Å²) in [4.78, 5) is 21.7. The number of nitrogens with one attached hydrogen (secondary N) is 3. The Hall–Kier alpha value is -2.05. The molecular weight excluding hydrogens is 212 g/mol. The maximum absolute atomic E-state index is 11.2. The molecule has 0 saturated heterocycles. The van der Waals surface area contributed by atoms with Crippen LogP contribution in [0.25, 0.3) is 0 Å². The largest absolute Gasteiger partial charge is 0.480 e. The Morgan fingerprint density at radius 3 is 2.81 bits per heavy atom. The van der Waals surface area contributed by atoms with E-state index < -0.39 is 18.0 Å². The third-order valence-corrected chi connectivity index (χ3v) is 2.09. The first-order chi connectivity index (χ1) is 7.50. The molecule has 1 aromatic rings. The number of carbonyl (C=O) groups is 2. The molecule has 0 spiro atoms. The molecular formula is C9H14N4O3. The Labute approximate surface area is 92.2 Å². The lowest BCUT2D eigenvalue weighted by atomic mass is 10.3. The molecule has 88 valence electrons. The molecule has 7 nitrogen and oxygen atoms in total. The van der Waals surface area contributed by atoms with Crippen LogP contribution in [0.1, 0.15) is 18.2 Å². The van der Waals surface area contributed by atoms with E-state index in [1.54, 1.807) is 6.20 Å². The third-order valence-electron chi connectivity index (χ3n) is 2.09. The number of urea groups is 1. The number of carboxylic acids is 1. The van der Waals surface area contributed by atoms with Gasteiger partial charge in [-0.25, -0.2) is 4.79 Å². The van der Waals surface area contributed by atoms with Gasteiger partial charge in [0.25, 0.3) is 0 Å². The summed E-state index contributed by atoms with van der Waals surface area (Å²) in [5, 5.41) is 19.9. The number of aromatic amines is 1. The summed E-state index contributed by atoms with van der Waals surface area (Å²) in [7, 11) is 0. The van der Waals surface area contributed by atoms with Crippen molar-refractivity contribution in [1.82, 2.24) is 20.8 Å². The number of aliphatic carboxylic acids is 1. The number of hydrogen-bond donors (Lipinski definition) is 4. The minimum atomic E-state index is -1.07. The molecule has 16 heavy (non-hydrogen) atoms. The molecule has 4 N–H and O–H groups in total. The second kappa shape index (κ2) is 5.15. The van der Waals surface area contributed by atoms with Gasteiger partial charge in [-0.2, -0.15) is 5.10 Å². The van der Waals surface area contributed by atoms with Crippen molar-refractivity contribution < 1.29 is 14.7 Å². The molecule has 0 aliphatic heterocycles. The van der Waals surface area contributed by atoms with Crippen LogP contribution in [0.2, 0.25) is 0 Å².